The van der Waals surface area contributed by atoms with Gasteiger partial charge in [0.2, 0.25) is 5.91 Å². The van der Waals surface area contributed by atoms with Crippen LogP contribution in [-0.2, 0) is 0 Å². The van der Waals surface area contributed by atoms with Crippen molar-refractivity contribution in [2.75, 3.05) is 0 Å². The summed E-state index contributed by atoms with van der Waals surface area (Å²) in [6, 6.07) is 14.1. The fraction of sp³-hybridized carbons (Fsp3) is 0.381. The van der Waals surface area contributed by atoms with Crippen molar-refractivity contribution in [2.24, 2.45) is 11.1 Å². The van der Waals surface area contributed by atoms with Gasteiger partial charge in [-0.1, -0.05) is 80.4 Å². The van der Waals surface area contributed by atoms with Gasteiger partial charge in [0.25, 0.3) is 0 Å². The lowest BCUT2D eigenvalue weighted by atomic mass is 9.77. The second kappa shape index (κ2) is 7.52. The fourth-order valence-corrected chi connectivity index (χ4v) is 3.65. The number of primary amides is 1. The van der Waals surface area contributed by atoms with Gasteiger partial charge in [-0.2, -0.15) is 0 Å². The molecule has 0 saturated heterocycles. The SMILES string of the molecule is CCC(C)(C)CC(C)c1cc(-c2ccccc2Br)ccc1C(N)=O. The fourth-order valence-electron chi connectivity index (χ4n) is 3.14. The lowest BCUT2D eigenvalue weighted by Gasteiger charge is -2.28. The lowest BCUT2D eigenvalue weighted by Crippen LogP contribution is -2.18. The van der Waals surface area contributed by atoms with Gasteiger partial charge in [-0.25, -0.2) is 0 Å². The van der Waals surface area contributed by atoms with Crippen molar-refractivity contribution in [2.45, 2.75) is 46.5 Å². The molecule has 0 bridgehead atoms. The van der Waals surface area contributed by atoms with E-state index in [0.717, 1.165) is 34.0 Å². The molecule has 0 radical (unpaired) electrons. The summed E-state index contributed by atoms with van der Waals surface area (Å²) in [6.45, 7) is 8.93. The number of nitrogens with two attached hydrogens (primary N) is 1. The number of halogens is 1. The molecule has 2 nitrogen and oxygen atoms in total. The third-order valence-corrected chi connectivity index (χ3v) is 5.54. The Kier molecular flexibility index (Phi) is 5.87. The molecule has 0 fully saturated rings. The summed E-state index contributed by atoms with van der Waals surface area (Å²) in [4.78, 5) is 11.9. The predicted molar refractivity (Wildman–Crippen MR) is 105 cm³/mol. The first-order valence-electron chi connectivity index (χ1n) is 8.44. The Labute approximate surface area is 153 Å². The van der Waals surface area contributed by atoms with Crippen molar-refractivity contribution >= 4 is 21.8 Å². The molecule has 2 aromatic rings. The molecule has 1 amide bonds. The predicted octanol–water partition coefficient (Wildman–Crippen LogP) is 6.14. The monoisotopic (exact) mass is 387 g/mol. The van der Waals surface area contributed by atoms with Crippen LogP contribution < -0.4 is 5.73 Å². The zero-order valence-electron chi connectivity index (χ0n) is 14.9. The average Bonchev–Trinajstić information content (AvgIpc) is 2.54. The second-order valence-electron chi connectivity index (χ2n) is 7.27. The summed E-state index contributed by atoms with van der Waals surface area (Å²) in [5.74, 6) is -0.0882. The minimum atomic E-state index is -0.357. The molecule has 1 atom stereocenters. The number of carbonyl (C=O) groups excluding carboxylic acids is 1. The molecule has 128 valence electrons. The van der Waals surface area contributed by atoms with E-state index < -0.39 is 0 Å². The average molecular weight is 388 g/mol. The van der Waals surface area contributed by atoms with E-state index in [1.165, 1.54) is 0 Å². The molecule has 0 spiro atoms. The summed E-state index contributed by atoms with van der Waals surface area (Å²) in [7, 11) is 0. The Morgan fingerprint density at radius 2 is 1.88 bits per heavy atom. The first-order valence-corrected chi connectivity index (χ1v) is 9.23. The number of benzene rings is 2. The third-order valence-electron chi connectivity index (χ3n) is 4.85. The van der Waals surface area contributed by atoms with Crippen molar-refractivity contribution in [3.63, 3.8) is 0 Å². The van der Waals surface area contributed by atoms with Gasteiger partial charge in [-0.15, -0.1) is 0 Å². The van der Waals surface area contributed by atoms with E-state index in [1.54, 1.807) is 0 Å². The largest absolute Gasteiger partial charge is 0.366 e. The number of hydrogen-bond acceptors (Lipinski definition) is 1. The molecular formula is C21H26BrNO. The van der Waals surface area contributed by atoms with Crippen molar-refractivity contribution < 1.29 is 4.79 Å². The molecule has 0 heterocycles. The smallest absolute Gasteiger partial charge is 0.248 e. The molecule has 0 aromatic heterocycles. The molecule has 0 aliphatic heterocycles. The maximum atomic E-state index is 11.9. The quantitative estimate of drug-likeness (QED) is 0.634. The highest BCUT2D eigenvalue weighted by Crippen LogP contribution is 2.37. The zero-order chi connectivity index (χ0) is 17.9. The first kappa shape index (κ1) is 18.7. The van der Waals surface area contributed by atoms with Crippen LogP contribution in [0.25, 0.3) is 11.1 Å². The van der Waals surface area contributed by atoms with Gasteiger partial charge in [0.1, 0.15) is 0 Å². The van der Waals surface area contributed by atoms with Crippen LogP contribution in [0.1, 0.15) is 62.4 Å². The maximum Gasteiger partial charge on any atom is 0.248 e. The molecule has 0 aliphatic carbocycles. The summed E-state index contributed by atoms with van der Waals surface area (Å²) < 4.78 is 1.05. The van der Waals surface area contributed by atoms with Crippen molar-refractivity contribution in [3.05, 3.63) is 58.1 Å². The van der Waals surface area contributed by atoms with Gasteiger partial charge in [0.05, 0.1) is 0 Å². The van der Waals surface area contributed by atoms with E-state index in [4.69, 9.17) is 5.73 Å². The molecule has 2 rings (SSSR count). The van der Waals surface area contributed by atoms with Crippen LogP contribution in [-0.4, -0.2) is 5.91 Å². The topological polar surface area (TPSA) is 43.1 Å². The summed E-state index contributed by atoms with van der Waals surface area (Å²) in [6.07, 6.45) is 2.12. The summed E-state index contributed by atoms with van der Waals surface area (Å²) >= 11 is 3.61. The Morgan fingerprint density at radius 3 is 2.46 bits per heavy atom. The number of hydrogen-bond donors (Lipinski definition) is 1. The van der Waals surface area contributed by atoms with E-state index >= 15 is 0 Å². The molecular weight excluding hydrogens is 362 g/mol. The highest BCUT2D eigenvalue weighted by Gasteiger charge is 2.23. The van der Waals surface area contributed by atoms with Gasteiger partial charge in [-0.3, -0.25) is 4.79 Å². The first-order chi connectivity index (χ1) is 11.2. The zero-order valence-corrected chi connectivity index (χ0v) is 16.5. The van der Waals surface area contributed by atoms with Crippen molar-refractivity contribution in [1.29, 1.82) is 0 Å². The molecule has 0 saturated carbocycles. The maximum absolute atomic E-state index is 11.9. The van der Waals surface area contributed by atoms with Crippen LogP contribution in [0, 0.1) is 5.41 Å². The number of rotatable bonds is 6. The highest BCUT2D eigenvalue weighted by molar-refractivity contribution is 9.10. The van der Waals surface area contributed by atoms with Crippen LogP contribution in [0.4, 0.5) is 0 Å². The molecule has 0 aliphatic rings. The molecule has 2 aromatic carbocycles. The normalized spacial score (nSPS) is 12.9. The van der Waals surface area contributed by atoms with Gasteiger partial charge in [0, 0.05) is 10.0 Å². The van der Waals surface area contributed by atoms with E-state index in [1.807, 2.05) is 30.3 Å². The van der Waals surface area contributed by atoms with E-state index in [0.29, 0.717) is 5.56 Å². The third kappa shape index (κ3) is 4.27. The van der Waals surface area contributed by atoms with Crippen LogP contribution in [0.3, 0.4) is 0 Å². The molecule has 3 heteroatoms. The molecule has 24 heavy (non-hydrogen) atoms. The Morgan fingerprint density at radius 1 is 1.21 bits per heavy atom. The van der Waals surface area contributed by atoms with Crippen LogP contribution in [0.5, 0.6) is 0 Å². The van der Waals surface area contributed by atoms with Gasteiger partial charge in [0.15, 0.2) is 0 Å². The molecule has 2 N–H and O–H groups in total. The number of carbonyl (C=O) groups is 1. The van der Waals surface area contributed by atoms with E-state index in [9.17, 15) is 4.79 Å². The van der Waals surface area contributed by atoms with Gasteiger partial charge in [-0.05, 0) is 46.6 Å². The number of amides is 1. The van der Waals surface area contributed by atoms with Crippen LogP contribution >= 0.6 is 15.9 Å². The van der Waals surface area contributed by atoms with Crippen molar-refractivity contribution in [3.8, 4) is 11.1 Å². The van der Waals surface area contributed by atoms with Gasteiger partial charge < -0.3 is 5.73 Å². The minimum Gasteiger partial charge on any atom is -0.366 e. The summed E-state index contributed by atoms with van der Waals surface area (Å²) in [5.41, 5.74) is 9.74. The Hall–Kier alpha value is -1.61. The Bertz CT molecular complexity index is 736. The van der Waals surface area contributed by atoms with E-state index in [-0.39, 0.29) is 17.2 Å². The standard InChI is InChI=1S/C21H26BrNO/c1-5-21(3,4)13-14(2)18-12-15(10-11-17(18)20(23)24)16-8-6-7-9-19(16)22/h6-12,14H,5,13H2,1-4H3,(H2,23,24). The Balaban J connectivity index is 2.50. The van der Waals surface area contributed by atoms with Crippen molar-refractivity contribution in [1.82, 2.24) is 0 Å². The van der Waals surface area contributed by atoms with Crippen LogP contribution in [0.15, 0.2) is 46.9 Å². The highest BCUT2D eigenvalue weighted by atomic mass is 79.9. The van der Waals surface area contributed by atoms with E-state index in [2.05, 4.69) is 55.8 Å². The minimum absolute atomic E-state index is 0.234. The van der Waals surface area contributed by atoms with Crippen LogP contribution in [0.2, 0.25) is 0 Å². The van der Waals surface area contributed by atoms with Gasteiger partial charge >= 0.3 is 0 Å². The molecule has 1 unspecified atom stereocenters. The summed E-state index contributed by atoms with van der Waals surface area (Å²) in [5, 5.41) is 0. The lowest BCUT2D eigenvalue weighted by molar-refractivity contribution is 0.0998. The second-order valence-corrected chi connectivity index (χ2v) is 8.12.